The molecule has 0 atom stereocenters. The van der Waals surface area contributed by atoms with Crippen LogP contribution in [0.1, 0.15) is 16.6 Å². The SMILES string of the molecule is C=C(C)COCCNC(=O)c1sc2nccnc2c1N. The van der Waals surface area contributed by atoms with Crippen molar-refractivity contribution in [2.24, 2.45) is 0 Å². The number of amides is 1. The zero-order valence-electron chi connectivity index (χ0n) is 11.2. The molecule has 0 bridgehead atoms. The third-order valence-electron chi connectivity index (χ3n) is 2.45. The van der Waals surface area contributed by atoms with Crippen molar-refractivity contribution in [2.45, 2.75) is 6.92 Å². The Morgan fingerprint density at radius 2 is 2.25 bits per heavy atom. The zero-order valence-corrected chi connectivity index (χ0v) is 12.0. The predicted molar refractivity (Wildman–Crippen MR) is 79.8 cm³/mol. The molecule has 0 aromatic carbocycles. The second-order valence-electron chi connectivity index (χ2n) is 4.32. The van der Waals surface area contributed by atoms with Crippen LogP contribution in [0, 0.1) is 0 Å². The van der Waals surface area contributed by atoms with Gasteiger partial charge in [-0.25, -0.2) is 9.97 Å². The maximum absolute atomic E-state index is 12.0. The summed E-state index contributed by atoms with van der Waals surface area (Å²) in [7, 11) is 0. The monoisotopic (exact) mass is 292 g/mol. The minimum absolute atomic E-state index is 0.230. The van der Waals surface area contributed by atoms with Gasteiger partial charge in [-0.2, -0.15) is 0 Å². The van der Waals surface area contributed by atoms with Gasteiger partial charge < -0.3 is 15.8 Å². The van der Waals surface area contributed by atoms with Gasteiger partial charge in [0.2, 0.25) is 0 Å². The molecule has 0 radical (unpaired) electrons. The molecule has 20 heavy (non-hydrogen) atoms. The highest BCUT2D eigenvalue weighted by Gasteiger charge is 2.17. The first-order valence-electron chi connectivity index (χ1n) is 6.09. The summed E-state index contributed by atoms with van der Waals surface area (Å²) in [6.45, 7) is 6.96. The van der Waals surface area contributed by atoms with Crippen molar-refractivity contribution in [3.63, 3.8) is 0 Å². The number of ether oxygens (including phenoxy) is 1. The van der Waals surface area contributed by atoms with Gasteiger partial charge >= 0.3 is 0 Å². The van der Waals surface area contributed by atoms with Gasteiger partial charge in [0.05, 0.1) is 18.9 Å². The molecule has 0 saturated carbocycles. The lowest BCUT2D eigenvalue weighted by atomic mass is 10.3. The second-order valence-corrected chi connectivity index (χ2v) is 5.32. The molecule has 2 aromatic rings. The molecule has 0 aliphatic carbocycles. The average Bonchev–Trinajstić information content (AvgIpc) is 2.76. The number of carbonyl (C=O) groups is 1. The van der Waals surface area contributed by atoms with Crippen LogP contribution in [0.2, 0.25) is 0 Å². The van der Waals surface area contributed by atoms with E-state index in [0.29, 0.717) is 40.7 Å². The Hall–Kier alpha value is -1.99. The molecule has 2 rings (SSSR count). The number of hydrogen-bond acceptors (Lipinski definition) is 6. The van der Waals surface area contributed by atoms with Crippen molar-refractivity contribution in [2.75, 3.05) is 25.5 Å². The van der Waals surface area contributed by atoms with Crippen molar-refractivity contribution in [1.82, 2.24) is 15.3 Å². The molecule has 0 unspecified atom stereocenters. The third-order valence-corrected chi connectivity index (χ3v) is 3.55. The van der Waals surface area contributed by atoms with Crippen LogP contribution in [0.5, 0.6) is 0 Å². The third kappa shape index (κ3) is 3.31. The van der Waals surface area contributed by atoms with Crippen LogP contribution in [0.3, 0.4) is 0 Å². The molecule has 0 aliphatic rings. The lowest BCUT2D eigenvalue weighted by Gasteiger charge is -2.05. The van der Waals surface area contributed by atoms with E-state index >= 15 is 0 Å². The molecule has 0 spiro atoms. The van der Waals surface area contributed by atoms with Crippen molar-refractivity contribution in [3.8, 4) is 0 Å². The van der Waals surface area contributed by atoms with E-state index in [1.165, 1.54) is 11.3 Å². The van der Waals surface area contributed by atoms with E-state index in [0.717, 1.165) is 5.57 Å². The summed E-state index contributed by atoms with van der Waals surface area (Å²) in [5.74, 6) is -0.230. The molecule has 1 amide bonds. The van der Waals surface area contributed by atoms with Gasteiger partial charge in [0.25, 0.3) is 5.91 Å². The van der Waals surface area contributed by atoms with Crippen LogP contribution in [0.4, 0.5) is 5.69 Å². The molecule has 3 N–H and O–H groups in total. The summed E-state index contributed by atoms with van der Waals surface area (Å²) in [6, 6.07) is 0. The number of rotatable bonds is 6. The van der Waals surface area contributed by atoms with Crippen molar-refractivity contribution < 1.29 is 9.53 Å². The van der Waals surface area contributed by atoms with Gasteiger partial charge in [0.1, 0.15) is 15.2 Å². The first kappa shape index (κ1) is 14.4. The number of nitrogens with two attached hydrogens (primary N) is 1. The number of hydrogen-bond donors (Lipinski definition) is 2. The minimum Gasteiger partial charge on any atom is -0.396 e. The fourth-order valence-corrected chi connectivity index (χ4v) is 2.51. The molecule has 0 fully saturated rings. The van der Waals surface area contributed by atoms with Crippen LogP contribution >= 0.6 is 11.3 Å². The molecule has 2 aromatic heterocycles. The van der Waals surface area contributed by atoms with E-state index in [4.69, 9.17) is 10.5 Å². The standard InChI is InChI=1S/C13H16N4O2S/c1-8(2)7-19-6-5-16-12(18)11-9(14)10-13(20-11)17-4-3-15-10/h3-4H,1,5-7,14H2,2H3,(H,16,18). The Bertz CT molecular complexity index is 638. The minimum atomic E-state index is -0.230. The van der Waals surface area contributed by atoms with Crippen LogP contribution in [0.15, 0.2) is 24.5 Å². The largest absolute Gasteiger partial charge is 0.396 e. The van der Waals surface area contributed by atoms with Gasteiger partial charge in [0, 0.05) is 18.9 Å². The number of anilines is 1. The number of nitrogen functional groups attached to an aromatic ring is 1. The molecule has 6 nitrogen and oxygen atoms in total. The number of thiophene rings is 1. The summed E-state index contributed by atoms with van der Waals surface area (Å²) in [4.78, 5) is 21.4. The molecule has 106 valence electrons. The number of aromatic nitrogens is 2. The fourth-order valence-electron chi connectivity index (χ4n) is 1.58. The summed E-state index contributed by atoms with van der Waals surface area (Å²) in [6.07, 6.45) is 3.13. The van der Waals surface area contributed by atoms with Gasteiger partial charge in [-0.1, -0.05) is 12.2 Å². The van der Waals surface area contributed by atoms with E-state index in [1.807, 2.05) is 6.92 Å². The molecule has 0 aliphatic heterocycles. The van der Waals surface area contributed by atoms with Gasteiger partial charge in [-0.15, -0.1) is 11.3 Å². The highest BCUT2D eigenvalue weighted by molar-refractivity contribution is 7.21. The molecular formula is C13H16N4O2S. The lowest BCUT2D eigenvalue weighted by Crippen LogP contribution is -2.27. The Morgan fingerprint density at radius 1 is 1.50 bits per heavy atom. The quantitative estimate of drug-likeness (QED) is 0.623. The predicted octanol–water partition coefficient (Wildman–Crippen LogP) is 1.60. The summed E-state index contributed by atoms with van der Waals surface area (Å²) < 4.78 is 5.30. The molecule has 0 saturated heterocycles. The van der Waals surface area contributed by atoms with Crippen molar-refractivity contribution in [1.29, 1.82) is 0 Å². The maximum atomic E-state index is 12.0. The number of nitrogens with zero attached hydrogens (tertiary/aromatic N) is 2. The van der Waals surface area contributed by atoms with E-state index in [-0.39, 0.29) is 5.91 Å². The smallest absolute Gasteiger partial charge is 0.263 e. The van der Waals surface area contributed by atoms with Gasteiger partial charge in [0.15, 0.2) is 0 Å². The Labute approximate surface area is 120 Å². The van der Waals surface area contributed by atoms with Crippen LogP contribution in [-0.4, -0.2) is 35.6 Å². The summed E-state index contributed by atoms with van der Waals surface area (Å²) >= 11 is 1.24. The number of carbonyl (C=O) groups excluding carboxylic acids is 1. The fraction of sp³-hybridized carbons (Fsp3) is 0.308. The summed E-state index contributed by atoms with van der Waals surface area (Å²) in [5.41, 5.74) is 7.80. The zero-order chi connectivity index (χ0) is 14.5. The van der Waals surface area contributed by atoms with Crippen LogP contribution < -0.4 is 11.1 Å². The average molecular weight is 292 g/mol. The van der Waals surface area contributed by atoms with Gasteiger partial charge in [-0.3, -0.25) is 4.79 Å². The number of fused-ring (bicyclic) bond motifs is 1. The Morgan fingerprint density at radius 3 is 2.95 bits per heavy atom. The lowest BCUT2D eigenvalue weighted by molar-refractivity contribution is 0.0931. The normalized spacial score (nSPS) is 10.7. The molecule has 7 heteroatoms. The Kier molecular flexibility index (Phi) is 4.65. The van der Waals surface area contributed by atoms with E-state index < -0.39 is 0 Å². The van der Waals surface area contributed by atoms with Crippen LogP contribution in [-0.2, 0) is 4.74 Å². The molecule has 2 heterocycles. The van der Waals surface area contributed by atoms with Crippen molar-refractivity contribution in [3.05, 3.63) is 29.4 Å². The highest BCUT2D eigenvalue weighted by atomic mass is 32.1. The van der Waals surface area contributed by atoms with Gasteiger partial charge in [-0.05, 0) is 6.92 Å². The first-order valence-corrected chi connectivity index (χ1v) is 6.90. The van der Waals surface area contributed by atoms with E-state index in [2.05, 4.69) is 21.9 Å². The second kappa shape index (κ2) is 6.44. The van der Waals surface area contributed by atoms with E-state index in [1.54, 1.807) is 12.4 Å². The number of nitrogens with one attached hydrogen (secondary N) is 1. The first-order chi connectivity index (χ1) is 9.59. The maximum Gasteiger partial charge on any atom is 0.263 e. The molecular weight excluding hydrogens is 276 g/mol. The van der Waals surface area contributed by atoms with Crippen molar-refractivity contribution >= 4 is 33.3 Å². The highest BCUT2D eigenvalue weighted by Crippen LogP contribution is 2.30. The van der Waals surface area contributed by atoms with E-state index in [9.17, 15) is 4.79 Å². The topological polar surface area (TPSA) is 90.1 Å². The van der Waals surface area contributed by atoms with Crippen LogP contribution in [0.25, 0.3) is 10.3 Å². The summed E-state index contributed by atoms with van der Waals surface area (Å²) in [5, 5.41) is 2.76. The Balaban J connectivity index is 1.94.